The van der Waals surface area contributed by atoms with Crippen LogP contribution in [0.1, 0.15) is 69.8 Å². The summed E-state index contributed by atoms with van der Waals surface area (Å²) in [4.78, 5) is 31.8. The van der Waals surface area contributed by atoms with Crippen LogP contribution in [-0.4, -0.2) is 45.7 Å². The van der Waals surface area contributed by atoms with Gasteiger partial charge in [0.15, 0.2) is 17.5 Å². The summed E-state index contributed by atoms with van der Waals surface area (Å²) >= 11 is 14.0. The molecule has 2 saturated carbocycles. The van der Waals surface area contributed by atoms with Crippen LogP contribution in [0.3, 0.4) is 0 Å². The molecule has 0 atom stereocenters. The molecule has 0 bridgehead atoms. The molecule has 6 nitrogen and oxygen atoms in total. The van der Waals surface area contributed by atoms with E-state index in [1.807, 2.05) is 4.90 Å². The average Bonchev–Trinajstić information content (AvgIpc) is 3.08. The SMILES string of the molecule is O=C(O)COc1c(Cl)cc(C=C2SC(=NC3CCCCC3)N(C3CCCCC3)C2=O)cc1Cl. The molecule has 3 fully saturated rings. The molecule has 0 spiro atoms. The van der Waals surface area contributed by atoms with Gasteiger partial charge in [-0.2, -0.15) is 0 Å². The second-order valence-electron chi connectivity index (χ2n) is 8.78. The molecule has 1 saturated heterocycles. The number of amides is 1. The number of ether oxygens (including phenoxy) is 1. The van der Waals surface area contributed by atoms with Gasteiger partial charge >= 0.3 is 5.97 Å². The van der Waals surface area contributed by atoms with E-state index < -0.39 is 12.6 Å². The molecule has 1 aliphatic heterocycles. The molecule has 3 aliphatic rings. The zero-order valence-corrected chi connectivity index (χ0v) is 20.7. The number of thioether (sulfide) groups is 1. The molecule has 1 heterocycles. The largest absolute Gasteiger partial charge is 0.479 e. The van der Waals surface area contributed by atoms with Crippen molar-refractivity contribution < 1.29 is 19.4 Å². The van der Waals surface area contributed by atoms with Crippen molar-refractivity contribution in [2.45, 2.75) is 76.3 Å². The minimum Gasteiger partial charge on any atom is -0.479 e. The highest BCUT2D eigenvalue weighted by Gasteiger charge is 2.39. The first-order chi connectivity index (χ1) is 15.9. The molecule has 1 amide bonds. The number of halogens is 2. The molecule has 178 valence electrons. The lowest BCUT2D eigenvalue weighted by Crippen LogP contribution is -2.41. The van der Waals surface area contributed by atoms with Crippen molar-refractivity contribution in [1.82, 2.24) is 4.90 Å². The molecule has 1 N–H and O–H groups in total. The fraction of sp³-hybridized carbons (Fsp3) is 0.542. The highest BCUT2D eigenvalue weighted by atomic mass is 35.5. The van der Waals surface area contributed by atoms with E-state index >= 15 is 0 Å². The number of carboxylic acids is 1. The monoisotopic (exact) mass is 510 g/mol. The summed E-state index contributed by atoms with van der Waals surface area (Å²) < 4.78 is 5.19. The predicted octanol–water partition coefficient (Wildman–Crippen LogP) is 6.39. The molecule has 0 radical (unpaired) electrons. The van der Waals surface area contributed by atoms with Crippen molar-refractivity contribution in [3.63, 3.8) is 0 Å². The van der Waals surface area contributed by atoms with Gasteiger partial charge in [-0.1, -0.05) is 61.7 Å². The van der Waals surface area contributed by atoms with E-state index in [1.165, 1.54) is 37.4 Å². The minimum atomic E-state index is -1.12. The summed E-state index contributed by atoms with van der Waals surface area (Å²) in [6.07, 6.45) is 13.1. The molecule has 9 heteroatoms. The first-order valence-corrected chi connectivity index (χ1v) is 13.1. The highest BCUT2D eigenvalue weighted by Crippen LogP contribution is 2.40. The van der Waals surface area contributed by atoms with Crippen LogP contribution in [0.25, 0.3) is 6.08 Å². The van der Waals surface area contributed by atoms with Gasteiger partial charge < -0.3 is 9.84 Å². The lowest BCUT2D eigenvalue weighted by atomic mass is 9.94. The van der Waals surface area contributed by atoms with Crippen molar-refractivity contribution in [2.24, 2.45) is 4.99 Å². The fourth-order valence-electron chi connectivity index (χ4n) is 4.69. The third-order valence-corrected chi connectivity index (χ3v) is 7.86. The maximum atomic E-state index is 13.5. The molecule has 0 unspecified atom stereocenters. The number of aliphatic carboxylic acids is 1. The van der Waals surface area contributed by atoms with Crippen molar-refractivity contribution >= 4 is 58.1 Å². The van der Waals surface area contributed by atoms with Gasteiger partial charge in [0.2, 0.25) is 0 Å². The van der Waals surface area contributed by atoms with Gasteiger partial charge in [0, 0.05) is 6.04 Å². The van der Waals surface area contributed by atoms with Gasteiger partial charge in [0.1, 0.15) is 0 Å². The zero-order chi connectivity index (χ0) is 23.4. The third-order valence-electron chi connectivity index (χ3n) is 6.30. The van der Waals surface area contributed by atoms with Crippen molar-refractivity contribution in [3.8, 4) is 5.75 Å². The van der Waals surface area contributed by atoms with Crippen LogP contribution in [0, 0.1) is 0 Å². The Hall–Kier alpha value is -1.70. The van der Waals surface area contributed by atoms with Gasteiger partial charge in [-0.15, -0.1) is 0 Å². The van der Waals surface area contributed by atoms with Crippen molar-refractivity contribution in [1.29, 1.82) is 0 Å². The van der Waals surface area contributed by atoms with E-state index in [-0.39, 0.29) is 33.8 Å². The molecule has 1 aromatic rings. The number of hydrogen-bond donors (Lipinski definition) is 1. The van der Waals surface area contributed by atoms with Gasteiger partial charge in [-0.05, 0) is 61.2 Å². The van der Waals surface area contributed by atoms with Gasteiger partial charge in [0.25, 0.3) is 5.91 Å². The maximum absolute atomic E-state index is 13.5. The smallest absolute Gasteiger partial charge is 0.341 e. The lowest BCUT2D eigenvalue weighted by Gasteiger charge is -2.31. The summed E-state index contributed by atoms with van der Waals surface area (Å²) in [6.45, 7) is -0.536. The van der Waals surface area contributed by atoms with E-state index in [2.05, 4.69) is 0 Å². The molecular weight excluding hydrogens is 483 g/mol. The average molecular weight is 511 g/mol. The second kappa shape index (κ2) is 11.2. The van der Waals surface area contributed by atoms with Gasteiger partial charge in [-0.25, -0.2) is 4.79 Å². The molecular formula is C24H28Cl2N2O4S. The quantitative estimate of drug-likeness (QED) is 0.448. The Labute approximate surface area is 208 Å². The number of carbonyl (C=O) groups is 2. The Morgan fingerprint density at radius 2 is 1.70 bits per heavy atom. The fourth-order valence-corrected chi connectivity index (χ4v) is 6.41. The van der Waals surface area contributed by atoms with Crippen molar-refractivity contribution in [3.05, 3.63) is 32.6 Å². The standard InChI is InChI=1S/C24H28Cl2N2O4S/c25-18-11-15(12-19(26)22(18)32-14-21(29)30)13-20-23(31)28(17-9-5-2-6-10-17)24(33-20)27-16-7-3-1-4-8-16/h11-13,16-17H,1-10,14H2,(H,29,30). The Kier molecular flexibility index (Phi) is 8.25. The number of benzene rings is 1. The Balaban J connectivity index is 1.61. The summed E-state index contributed by atoms with van der Waals surface area (Å²) in [7, 11) is 0. The Bertz CT molecular complexity index is 946. The summed E-state index contributed by atoms with van der Waals surface area (Å²) in [5.41, 5.74) is 0.658. The highest BCUT2D eigenvalue weighted by molar-refractivity contribution is 8.18. The first kappa shape index (κ1) is 24.4. The van der Waals surface area contributed by atoms with Gasteiger partial charge in [-0.3, -0.25) is 14.7 Å². The normalized spacial score (nSPS) is 23.0. The number of amidine groups is 1. The van der Waals surface area contributed by atoms with Gasteiger partial charge in [0.05, 0.1) is 21.0 Å². The Morgan fingerprint density at radius 3 is 2.30 bits per heavy atom. The van der Waals surface area contributed by atoms with E-state index in [4.69, 9.17) is 38.0 Å². The summed E-state index contributed by atoms with van der Waals surface area (Å²) in [6, 6.07) is 3.75. The van der Waals surface area contributed by atoms with Crippen LogP contribution < -0.4 is 4.74 Å². The summed E-state index contributed by atoms with van der Waals surface area (Å²) in [5.74, 6) is -1.01. The molecule has 4 rings (SSSR count). The second-order valence-corrected chi connectivity index (χ2v) is 10.6. The van der Waals surface area contributed by atoms with Crippen LogP contribution in [0.5, 0.6) is 5.75 Å². The number of nitrogens with zero attached hydrogens (tertiary/aromatic N) is 2. The van der Waals surface area contributed by atoms with Crippen LogP contribution in [0.2, 0.25) is 10.0 Å². The Morgan fingerprint density at radius 1 is 1.09 bits per heavy atom. The van der Waals surface area contributed by atoms with Crippen LogP contribution >= 0.6 is 35.0 Å². The van der Waals surface area contributed by atoms with Crippen LogP contribution in [0.4, 0.5) is 0 Å². The molecule has 33 heavy (non-hydrogen) atoms. The van der Waals surface area contributed by atoms with Crippen LogP contribution in [0.15, 0.2) is 22.0 Å². The van der Waals surface area contributed by atoms with E-state index in [0.717, 1.165) is 43.7 Å². The van der Waals surface area contributed by atoms with Crippen molar-refractivity contribution in [2.75, 3.05) is 6.61 Å². The van der Waals surface area contributed by atoms with E-state index in [0.29, 0.717) is 10.5 Å². The van der Waals surface area contributed by atoms with E-state index in [9.17, 15) is 9.59 Å². The molecule has 1 aromatic carbocycles. The lowest BCUT2D eigenvalue weighted by molar-refractivity contribution is -0.139. The number of hydrogen-bond acceptors (Lipinski definition) is 5. The summed E-state index contributed by atoms with van der Waals surface area (Å²) in [5, 5.41) is 10.1. The van der Waals surface area contributed by atoms with E-state index in [1.54, 1.807) is 18.2 Å². The number of rotatable bonds is 6. The minimum absolute atomic E-state index is 0.0140. The third kappa shape index (κ3) is 6.06. The maximum Gasteiger partial charge on any atom is 0.341 e. The molecule has 0 aromatic heterocycles. The zero-order valence-electron chi connectivity index (χ0n) is 18.4. The predicted molar refractivity (Wildman–Crippen MR) is 133 cm³/mol. The topological polar surface area (TPSA) is 79.2 Å². The van der Waals surface area contributed by atoms with Crippen LogP contribution in [-0.2, 0) is 9.59 Å². The number of carboxylic acid groups (broad SMARTS) is 1. The first-order valence-electron chi connectivity index (χ1n) is 11.6. The number of carbonyl (C=O) groups excluding carboxylic acids is 1. The molecule has 2 aliphatic carbocycles. The number of aliphatic imine (C=N–C) groups is 1.